The SMILES string of the molecule is CCCCCCCCCCCCC(S)C(C)S. The molecule has 104 valence electrons. The molecule has 0 fully saturated rings. The lowest BCUT2D eigenvalue weighted by atomic mass is 10.0. The van der Waals surface area contributed by atoms with Gasteiger partial charge in [0.25, 0.3) is 0 Å². The molecule has 0 N–H and O–H groups in total. The summed E-state index contributed by atoms with van der Waals surface area (Å²) in [5, 5.41) is 0.907. The maximum Gasteiger partial charge on any atom is 0.0131 e. The van der Waals surface area contributed by atoms with E-state index in [-0.39, 0.29) is 0 Å². The van der Waals surface area contributed by atoms with Gasteiger partial charge in [0.05, 0.1) is 0 Å². The molecule has 0 heterocycles. The molecule has 0 saturated carbocycles. The van der Waals surface area contributed by atoms with E-state index in [9.17, 15) is 0 Å². The van der Waals surface area contributed by atoms with Gasteiger partial charge in [0.15, 0.2) is 0 Å². The molecule has 0 bridgehead atoms. The zero-order valence-corrected chi connectivity index (χ0v) is 13.6. The summed E-state index contributed by atoms with van der Waals surface area (Å²) in [5.74, 6) is 0. The second-order valence-corrected chi connectivity index (χ2v) is 6.76. The number of hydrogen-bond donors (Lipinski definition) is 2. The highest BCUT2D eigenvalue weighted by Gasteiger charge is 2.07. The molecular formula is C15H32S2. The van der Waals surface area contributed by atoms with Gasteiger partial charge in [-0.25, -0.2) is 0 Å². The van der Waals surface area contributed by atoms with E-state index in [1.54, 1.807) is 0 Å². The van der Waals surface area contributed by atoms with E-state index in [0.29, 0.717) is 10.5 Å². The van der Waals surface area contributed by atoms with E-state index >= 15 is 0 Å². The van der Waals surface area contributed by atoms with Crippen LogP contribution >= 0.6 is 25.3 Å². The first-order chi connectivity index (χ1) is 8.18. The predicted molar refractivity (Wildman–Crippen MR) is 87.7 cm³/mol. The molecule has 0 aliphatic rings. The summed E-state index contributed by atoms with van der Waals surface area (Å²) in [5.41, 5.74) is 0. The van der Waals surface area contributed by atoms with Crippen LogP contribution in [0.1, 0.15) is 84.5 Å². The van der Waals surface area contributed by atoms with Crippen molar-refractivity contribution >= 4 is 25.3 Å². The summed E-state index contributed by atoms with van der Waals surface area (Å²) < 4.78 is 0. The first-order valence-electron chi connectivity index (χ1n) is 7.54. The van der Waals surface area contributed by atoms with Gasteiger partial charge in [0, 0.05) is 10.5 Å². The molecular weight excluding hydrogens is 244 g/mol. The van der Waals surface area contributed by atoms with Crippen LogP contribution in [0, 0.1) is 0 Å². The Labute approximate surface area is 120 Å². The van der Waals surface area contributed by atoms with Crippen LogP contribution in [0.25, 0.3) is 0 Å². The molecule has 2 atom stereocenters. The normalized spacial score (nSPS) is 14.8. The molecule has 0 saturated heterocycles. The highest BCUT2D eigenvalue weighted by Crippen LogP contribution is 2.17. The summed E-state index contributed by atoms with van der Waals surface area (Å²) in [6.45, 7) is 4.41. The van der Waals surface area contributed by atoms with Crippen molar-refractivity contribution in [3.8, 4) is 0 Å². The molecule has 0 aromatic carbocycles. The summed E-state index contributed by atoms with van der Waals surface area (Å²) in [7, 11) is 0. The van der Waals surface area contributed by atoms with Gasteiger partial charge in [-0.05, 0) is 6.42 Å². The predicted octanol–water partition coefficient (Wildman–Crippen LogP) is 5.91. The highest BCUT2D eigenvalue weighted by molar-refractivity contribution is 7.85. The molecule has 0 rings (SSSR count). The number of unbranched alkanes of at least 4 members (excludes halogenated alkanes) is 9. The summed E-state index contributed by atoms with van der Waals surface area (Å²) in [6.07, 6.45) is 15.3. The minimum absolute atomic E-state index is 0.428. The fourth-order valence-corrected chi connectivity index (χ4v) is 2.41. The number of rotatable bonds is 12. The van der Waals surface area contributed by atoms with Gasteiger partial charge in [-0.15, -0.1) is 0 Å². The molecule has 2 heteroatoms. The minimum atomic E-state index is 0.428. The molecule has 0 amide bonds. The van der Waals surface area contributed by atoms with Crippen LogP contribution in [0.4, 0.5) is 0 Å². The molecule has 2 unspecified atom stereocenters. The Morgan fingerprint density at radius 3 is 1.53 bits per heavy atom. The second kappa shape index (κ2) is 13.1. The zero-order valence-electron chi connectivity index (χ0n) is 11.8. The Bertz CT molecular complexity index is 146. The van der Waals surface area contributed by atoms with Crippen LogP contribution in [-0.2, 0) is 0 Å². The third-order valence-electron chi connectivity index (χ3n) is 3.41. The monoisotopic (exact) mass is 276 g/mol. The maximum atomic E-state index is 4.54. The molecule has 17 heavy (non-hydrogen) atoms. The Balaban J connectivity index is 3.03. The average Bonchev–Trinajstić information content (AvgIpc) is 2.31. The Hall–Kier alpha value is 0.700. The molecule has 0 aromatic heterocycles. The lowest BCUT2D eigenvalue weighted by molar-refractivity contribution is 0.546. The van der Waals surface area contributed by atoms with Crippen LogP contribution < -0.4 is 0 Å². The van der Waals surface area contributed by atoms with Crippen molar-refractivity contribution in [3.63, 3.8) is 0 Å². The lowest BCUT2D eigenvalue weighted by Gasteiger charge is -2.13. The molecule has 0 nitrogen and oxygen atoms in total. The standard InChI is InChI=1S/C15H32S2/c1-3-4-5-6-7-8-9-10-11-12-13-15(17)14(2)16/h14-17H,3-13H2,1-2H3. The fourth-order valence-electron chi connectivity index (χ4n) is 2.08. The van der Waals surface area contributed by atoms with Crippen molar-refractivity contribution in [1.29, 1.82) is 0 Å². The van der Waals surface area contributed by atoms with Gasteiger partial charge in [0.2, 0.25) is 0 Å². The Morgan fingerprint density at radius 2 is 1.12 bits per heavy atom. The average molecular weight is 277 g/mol. The van der Waals surface area contributed by atoms with Gasteiger partial charge >= 0.3 is 0 Å². The highest BCUT2D eigenvalue weighted by atomic mass is 32.1. The lowest BCUT2D eigenvalue weighted by Crippen LogP contribution is -2.10. The third kappa shape index (κ3) is 12.9. The van der Waals surface area contributed by atoms with Crippen molar-refractivity contribution in [2.45, 2.75) is 95.0 Å². The van der Waals surface area contributed by atoms with Crippen molar-refractivity contribution in [2.24, 2.45) is 0 Å². The largest absolute Gasteiger partial charge is 0.175 e. The minimum Gasteiger partial charge on any atom is -0.175 e. The van der Waals surface area contributed by atoms with E-state index in [2.05, 4.69) is 39.1 Å². The van der Waals surface area contributed by atoms with Crippen LogP contribution in [0.2, 0.25) is 0 Å². The van der Waals surface area contributed by atoms with Crippen LogP contribution in [0.3, 0.4) is 0 Å². The van der Waals surface area contributed by atoms with Crippen molar-refractivity contribution in [2.75, 3.05) is 0 Å². The van der Waals surface area contributed by atoms with E-state index < -0.39 is 0 Å². The van der Waals surface area contributed by atoms with Crippen LogP contribution in [-0.4, -0.2) is 10.5 Å². The smallest absolute Gasteiger partial charge is 0.0131 e. The molecule has 0 radical (unpaired) electrons. The van der Waals surface area contributed by atoms with Gasteiger partial charge in [0.1, 0.15) is 0 Å². The van der Waals surface area contributed by atoms with E-state index in [1.807, 2.05) is 0 Å². The summed E-state index contributed by atoms with van der Waals surface area (Å²) >= 11 is 8.96. The molecule has 0 aromatic rings. The van der Waals surface area contributed by atoms with Crippen LogP contribution in [0.15, 0.2) is 0 Å². The van der Waals surface area contributed by atoms with Gasteiger partial charge in [-0.2, -0.15) is 25.3 Å². The Morgan fingerprint density at radius 1 is 0.706 bits per heavy atom. The topological polar surface area (TPSA) is 0 Å². The quantitative estimate of drug-likeness (QED) is 0.321. The van der Waals surface area contributed by atoms with Crippen molar-refractivity contribution in [1.82, 2.24) is 0 Å². The Kier molecular flexibility index (Phi) is 13.7. The molecule has 0 aliphatic carbocycles. The van der Waals surface area contributed by atoms with Crippen molar-refractivity contribution < 1.29 is 0 Å². The molecule has 0 spiro atoms. The summed E-state index contributed by atoms with van der Waals surface area (Å²) in [6, 6.07) is 0. The van der Waals surface area contributed by atoms with E-state index in [1.165, 1.54) is 70.6 Å². The zero-order chi connectivity index (χ0) is 12.9. The van der Waals surface area contributed by atoms with Crippen molar-refractivity contribution in [3.05, 3.63) is 0 Å². The van der Waals surface area contributed by atoms with E-state index in [4.69, 9.17) is 0 Å². The molecule has 0 aliphatic heterocycles. The van der Waals surface area contributed by atoms with Gasteiger partial charge in [-0.3, -0.25) is 0 Å². The summed E-state index contributed by atoms with van der Waals surface area (Å²) in [4.78, 5) is 0. The first kappa shape index (κ1) is 17.7. The number of hydrogen-bond acceptors (Lipinski definition) is 2. The van der Waals surface area contributed by atoms with Gasteiger partial charge in [-0.1, -0.05) is 78.1 Å². The fraction of sp³-hybridized carbons (Fsp3) is 1.00. The number of thiol groups is 2. The third-order valence-corrected chi connectivity index (χ3v) is 4.71. The van der Waals surface area contributed by atoms with Crippen LogP contribution in [0.5, 0.6) is 0 Å². The first-order valence-corrected chi connectivity index (χ1v) is 8.58. The maximum absolute atomic E-state index is 4.54. The second-order valence-electron chi connectivity index (χ2n) is 5.28. The van der Waals surface area contributed by atoms with E-state index in [0.717, 1.165) is 0 Å². The van der Waals surface area contributed by atoms with Gasteiger partial charge < -0.3 is 0 Å².